The molecule has 6 heteroatoms. The van der Waals surface area contributed by atoms with Crippen LogP contribution in [0.5, 0.6) is 5.75 Å². The molecule has 35 heavy (non-hydrogen) atoms. The number of aromatic nitrogens is 2. The highest BCUT2D eigenvalue weighted by Crippen LogP contribution is 2.32. The first-order chi connectivity index (χ1) is 17.0. The van der Waals surface area contributed by atoms with E-state index in [1.807, 2.05) is 44.4 Å². The van der Waals surface area contributed by atoms with Crippen LogP contribution in [-0.2, 0) is 17.8 Å². The Bertz CT molecular complexity index is 1110. The van der Waals surface area contributed by atoms with Crippen molar-refractivity contribution >= 4 is 22.7 Å². The summed E-state index contributed by atoms with van der Waals surface area (Å²) < 4.78 is 5.10. The number of benzene rings is 2. The molecule has 1 heterocycles. The van der Waals surface area contributed by atoms with Crippen molar-refractivity contribution in [3.05, 3.63) is 59.9 Å². The number of aryl methyl sites for hydroxylation is 1. The number of para-hydroxylation sites is 1. The smallest absolute Gasteiger partial charge is 0.308 e. The van der Waals surface area contributed by atoms with E-state index in [0.29, 0.717) is 5.75 Å². The highest BCUT2D eigenvalue weighted by molar-refractivity contribution is 5.89. The van der Waals surface area contributed by atoms with Gasteiger partial charge in [0.05, 0.1) is 5.52 Å². The summed E-state index contributed by atoms with van der Waals surface area (Å²) >= 11 is 0. The van der Waals surface area contributed by atoms with Crippen LogP contribution in [-0.4, -0.2) is 36.6 Å². The molecule has 1 aromatic heterocycles. The molecule has 2 aromatic carbocycles. The van der Waals surface area contributed by atoms with E-state index in [0.717, 1.165) is 60.3 Å². The fourth-order valence-electron chi connectivity index (χ4n) is 5.09. The van der Waals surface area contributed by atoms with Gasteiger partial charge in [-0.05, 0) is 67.5 Å². The van der Waals surface area contributed by atoms with E-state index in [2.05, 4.69) is 28.4 Å². The second-order valence-corrected chi connectivity index (χ2v) is 10.0. The van der Waals surface area contributed by atoms with E-state index >= 15 is 0 Å². The number of carbonyl (C=O) groups is 1. The summed E-state index contributed by atoms with van der Waals surface area (Å²) in [6.45, 7) is 3.34. The van der Waals surface area contributed by atoms with Gasteiger partial charge in [-0.1, -0.05) is 43.5 Å². The maximum Gasteiger partial charge on any atom is 0.308 e. The molecule has 1 saturated carbocycles. The van der Waals surface area contributed by atoms with E-state index in [9.17, 15) is 4.79 Å². The van der Waals surface area contributed by atoms with Gasteiger partial charge in [0.25, 0.3) is 0 Å². The first-order valence-corrected chi connectivity index (χ1v) is 12.9. The molecule has 0 unspecified atom stereocenters. The Morgan fingerprint density at radius 2 is 1.71 bits per heavy atom. The number of hydrogen-bond donors (Lipinski definition) is 1. The second-order valence-electron chi connectivity index (χ2n) is 10.0. The number of anilines is 1. The van der Waals surface area contributed by atoms with Gasteiger partial charge in [0.2, 0.25) is 0 Å². The minimum absolute atomic E-state index is 0.285. The van der Waals surface area contributed by atoms with Crippen molar-refractivity contribution in [3.8, 4) is 5.75 Å². The summed E-state index contributed by atoms with van der Waals surface area (Å²) in [5.41, 5.74) is 2.25. The number of nitrogens with zero attached hydrogens (tertiary/aromatic N) is 3. The molecule has 1 fully saturated rings. The third-order valence-electron chi connectivity index (χ3n) is 6.98. The molecule has 0 bridgehead atoms. The van der Waals surface area contributed by atoms with Gasteiger partial charge in [0, 0.05) is 39.4 Å². The monoisotopic (exact) mass is 474 g/mol. The van der Waals surface area contributed by atoms with Crippen LogP contribution >= 0.6 is 0 Å². The van der Waals surface area contributed by atoms with Crippen LogP contribution in [0.4, 0.5) is 5.82 Å². The second kappa shape index (κ2) is 12.1. The Balaban J connectivity index is 1.16. The predicted molar refractivity (Wildman–Crippen MR) is 142 cm³/mol. The SMILES string of the molecule is CC(=O)Oc1ccc(CNCC2CCC(CCCc3nc(N(C)C)c4ccccc4n3)CC2)cc1. The van der Waals surface area contributed by atoms with E-state index in [1.165, 1.54) is 44.6 Å². The third kappa shape index (κ3) is 7.25. The summed E-state index contributed by atoms with van der Waals surface area (Å²) in [7, 11) is 4.10. The molecule has 0 spiro atoms. The first-order valence-electron chi connectivity index (χ1n) is 12.9. The number of hydrogen-bond acceptors (Lipinski definition) is 6. The number of ether oxygens (including phenoxy) is 1. The molecular weight excluding hydrogens is 436 g/mol. The van der Waals surface area contributed by atoms with Gasteiger partial charge < -0.3 is 15.0 Å². The zero-order valence-corrected chi connectivity index (χ0v) is 21.3. The van der Waals surface area contributed by atoms with Crippen molar-refractivity contribution in [3.63, 3.8) is 0 Å². The maximum absolute atomic E-state index is 11.0. The molecule has 186 valence electrons. The normalized spacial score (nSPS) is 17.9. The molecule has 1 aliphatic carbocycles. The Labute approximate surface area is 209 Å². The van der Waals surface area contributed by atoms with Crippen LogP contribution in [0.25, 0.3) is 10.9 Å². The van der Waals surface area contributed by atoms with Crippen molar-refractivity contribution in [2.75, 3.05) is 25.5 Å². The average molecular weight is 475 g/mol. The van der Waals surface area contributed by atoms with Crippen LogP contribution in [0.1, 0.15) is 56.8 Å². The van der Waals surface area contributed by atoms with Gasteiger partial charge in [-0.15, -0.1) is 0 Å². The lowest BCUT2D eigenvalue weighted by Gasteiger charge is -2.28. The zero-order valence-electron chi connectivity index (χ0n) is 21.3. The average Bonchev–Trinajstić information content (AvgIpc) is 2.85. The van der Waals surface area contributed by atoms with E-state index < -0.39 is 0 Å². The molecule has 0 aliphatic heterocycles. The lowest BCUT2D eigenvalue weighted by Crippen LogP contribution is -2.26. The van der Waals surface area contributed by atoms with Crippen LogP contribution in [0, 0.1) is 11.8 Å². The fraction of sp³-hybridized carbons (Fsp3) is 0.483. The topological polar surface area (TPSA) is 67.3 Å². The van der Waals surface area contributed by atoms with Crippen LogP contribution in [0.2, 0.25) is 0 Å². The number of esters is 1. The summed E-state index contributed by atoms with van der Waals surface area (Å²) in [6.07, 6.45) is 8.63. The molecule has 0 amide bonds. The summed E-state index contributed by atoms with van der Waals surface area (Å²) in [6, 6.07) is 16.0. The van der Waals surface area contributed by atoms with Gasteiger partial charge in [-0.2, -0.15) is 0 Å². The van der Waals surface area contributed by atoms with Crippen molar-refractivity contribution < 1.29 is 9.53 Å². The highest BCUT2D eigenvalue weighted by Gasteiger charge is 2.21. The highest BCUT2D eigenvalue weighted by atomic mass is 16.5. The molecular formula is C29H38N4O2. The summed E-state index contributed by atoms with van der Waals surface area (Å²) in [5.74, 6) is 3.88. The van der Waals surface area contributed by atoms with Gasteiger partial charge in [-0.3, -0.25) is 4.79 Å². The van der Waals surface area contributed by atoms with Gasteiger partial charge in [0.15, 0.2) is 0 Å². The Kier molecular flexibility index (Phi) is 8.69. The minimum atomic E-state index is -0.285. The van der Waals surface area contributed by atoms with Crippen molar-refractivity contribution in [1.29, 1.82) is 0 Å². The molecule has 3 aromatic rings. The molecule has 0 radical (unpaired) electrons. The molecule has 1 N–H and O–H groups in total. The van der Waals surface area contributed by atoms with Crippen LogP contribution < -0.4 is 15.0 Å². The summed E-state index contributed by atoms with van der Waals surface area (Å²) in [4.78, 5) is 22.8. The van der Waals surface area contributed by atoms with Gasteiger partial charge >= 0.3 is 5.97 Å². The first kappa shape index (κ1) is 25.1. The molecule has 1 aliphatic rings. The number of carbonyl (C=O) groups excluding carboxylic acids is 1. The lowest BCUT2D eigenvalue weighted by atomic mass is 9.80. The zero-order chi connectivity index (χ0) is 24.6. The molecule has 0 atom stereocenters. The lowest BCUT2D eigenvalue weighted by molar-refractivity contribution is -0.131. The Morgan fingerprint density at radius 1 is 1.00 bits per heavy atom. The maximum atomic E-state index is 11.0. The quantitative estimate of drug-likeness (QED) is 0.307. The van der Waals surface area contributed by atoms with E-state index in [-0.39, 0.29) is 5.97 Å². The van der Waals surface area contributed by atoms with Gasteiger partial charge in [0.1, 0.15) is 17.4 Å². The van der Waals surface area contributed by atoms with E-state index in [4.69, 9.17) is 14.7 Å². The van der Waals surface area contributed by atoms with Crippen LogP contribution in [0.3, 0.4) is 0 Å². The standard InChI is InChI=1S/C29H38N4O2/c1-21(34)35-25-17-15-24(16-18-25)20-30-19-23-13-11-22(12-14-23)7-6-10-28-31-27-9-5-4-8-26(27)29(32-28)33(2)3/h4-5,8-9,15-18,22-23,30H,6-7,10-14,19-20H2,1-3H3. The summed E-state index contributed by atoms with van der Waals surface area (Å²) in [5, 5.41) is 4.73. The third-order valence-corrected chi connectivity index (χ3v) is 6.98. The van der Waals surface area contributed by atoms with Crippen LogP contribution in [0.15, 0.2) is 48.5 Å². The molecule has 4 rings (SSSR count). The molecule has 6 nitrogen and oxygen atoms in total. The van der Waals surface area contributed by atoms with Crippen molar-refractivity contribution in [1.82, 2.24) is 15.3 Å². The Morgan fingerprint density at radius 3 is 2.43 bits per heavy atom. The molecule has 0 saturated heterocycles. The van der Waals surface area contributed by atoms with Gasteiger partial charge in [-0.25, -0.2) is 9.97 Å². The van der Waals surface area contributed by atoms with Crippen molar-refractivity contribution in [2.45, 2.75) is 58.4 Å². The fourth-order valence-corrected chi connectivity index (χ4v) is 5.09. The number of rotatable bonds is 10. The number of fused-ring (bicyclic) bond motifs is 1. The predicted octanol–water partition coefficient (Wildman–Crippen LogP) is 5.54. The largest absolute Gasteiger partial charge is 0.427 e. The Hall–Kier alpha value is -2.99. The van der Waals surface area contributed by atoms with E-state index in [1.54, 1.807) is 0 Å². The number of nitrogens with one attached hydrogen (secondary N) is 1. The minimum Gasteiger partial charge on any atom is -0.427 e. The van der Waals surface area contributed by atoms with Crippen molar-refractivity contribution in [2.24, 2.45) is 11.8 Å².